The largest absolute Gasteiger partial charge is 0.490 e. The van der Waals surface area contributed by atoms with Gasteiger partial charge in [-0.25, -0.2) is 4.79 Å². The van der Waals surface area contributed by atoms with E-state index in [4.69, 9.17) is 9.47 Å². The van der Waals surface area contributed by atoms with Gasteiger partial charge in [-0.15, -0.1) is 0 Å². The molecule has 2 rings (SSSR count). The van der Waals surface area contributed by atoms with Gasteiger partial charge in [-0.1, -0.05) is 35.3 Å². The molecule has 0 fully saturated rings. The summed E-state index contributed by atoms with van der Waals surface area (Å²) in [6, 6.07) is 9.22. The van der Waals surface area contributed by atoms with Crippen LogP contribution in [0.1, 0.15) is 29.5 Å². The number of nitrogens with zero attached hydrogens (tertiary/aromatic N) is 1. The van der Waals surface area contributed by atoms with Crippen LogP contribution in [-0.2, 0) is 11.2 Å². The monoisotopic (exact) mass is 352 g/mol. The molecular formula is C15H17BrN2O3. The van der Waals surface area contributed by atoms with Gasteiger partial charge in [0.05, 0.1) is 0 Å². The summed E-state index contributed by atoms with van der Waals surface area (Å²) < 4.78 is 11.5. The zero-order chi connectivity index (χ0) is 15.1. The van der Waals surface area contributed by atoms with Gasteiger partial charge in [0.15, 0.2) is 5.69 Å². The maximum atomic E-state index is 11.8. The minimum absolute atomic E-state index is 0.182. The highest BCUT2D eigenvalue weighted by Gasteiger charge is 2.11. The first-order valence-corrected chi connectivity index (χ1v) is 7.58. The number of nitrogens with one attached hydrogen (secondary N) is 1. The molecule has 1 aromatic heterocycles. The molecule has 0 aliphatic heterocycles. The summed E-state index contributed by atoms with van der Waals surface area (Å²) in [4.78, 5) is 11.8. The summed E-state index contributed by atoms with van der Waals surface area (Å²) in [5.74, 6) is 0.289. The smallest absolute Gasteiger partial charge is 0.358 e. The third-order valence-corrected chi connectivity index (χ3v) is 3.23. The van der Waals surface area contributed by atoms with Crippen molar-refractivity contribution in [2.24, 2.45) is 0 Å². The van der Waals surface area contributed by atoms with Gasteiger partial charge in [0, 0.05) is 10.2 Å². The average molecular weight is 353 g/mol. The van der Waals surface area contributed by atoms with Crippen LogP contribution in [0, 0.1) is 0 Å². The van der Waals surface area contributed by atoms with Crippen LogP contribution in [0.4, 0.5) is 0 Å². The van der Waals surface area contributed by atoms with Crippen molar-refractivity contribution in [3.05, 3.63) is 46.2 Å². The fourth-order valence-corrected chi connectivity index (χ4v) is 2.17. The number of benzene rings is 1. The first-order chi connectivity index (χ1) is 10.2. The van der Waals surface area contributed by atoms with Crippen LogP contribution >= 0.6 is 15.9 Å². The van der Waals surface area contributed by atoms with Crippen molar-refractivity contribution in [2.75, 3.05) is 13.2 Å². The van der Waals surface area contributed by atoms with Crippen LogP contribution < -0.4 is 4.74 Å². The number of esters is 1. The number of aryl methyl sites for hydroxylation is 1. The number of H-pyrrole nitrogens is 1. The molecule has 0 saturated carbocycles. The third kappa shape index (κ3) is 4.90. The van der Waals surface area contributed by atoms with Crippen molar-refractivity contribution in [1.82, 2.24) is 10.2 Å². The van der Waals surface area contributed by atoms with Gasteiger partial charge in [-0.05, 0) is 30.7 Å². The Labute approximate surface area is 131 Å². The Morgan fingerprint density at radius 2 is 2.19 bits per heavy atom. The predicted octanol–water partition coefficient (Wildman–Crippen LogP) is 3.36. The molecule has 1 heterocycles. The summed E-state index contributed by atoms with van der Waals surface area (Å²) in [6.45, 7) is 2.55. The van der Waals surface area contributed by atoms with Crippen LogP contribution in [0.25, 0.3) is 0 Å². The molecule has 0 radical (unpaired) electrons. The van der Waals surface area contributed by atoms with Crippen molar-refractivity contribution in [3.8, 4) is 5.75 Å². The van der Waals surface area contributed by atoms with Gasteiger partial charge >= 0.3 is 5.97 Å². The molecule has 0 aliphatic rings. The van der Waals surface area contributed by atoms with E-state index in [0.29, 0.717) is 12.3 Å². The Bertz CT molecular complexity index is 598. The molecule has 0 amide bonds. The molecule has 0 atom stereocenters. The molecular weight excluding hydrogens is 336 g/mol. The second-order valence-electron chi connectivity index (χ2n) is 4.47. The van der Waals surface area contributed by atoms with Crippen molar-refractivity contribution in [1.29, 1.82) is 0 Å². The van der Waals surface area contributed by atoms with E-state index < -0.39 is 5.97 Å². The molecule has 21 heavy (non-hydrogen) atoms. The van der Waals surface area contributed by atoms with Crippen LogP contribution in [0.2, 0.25) is 0 Å². The minimum atomic E-state index is -0.438. The number of carbonyl (C=O) groups excluding carboxylic acids is 1. The number of hydrogen-bond acceptors (Lipinski definition) is 4. The Hall–Kier alpha value is -1.82. The maximum Gasteiger partial charge on any atom is 0.358 e. The molecule has 0 aliphatic carbocycles. The van der Waals surface area contributed by atoms with Crippen molar-refractivity contribution in [2.45, 2.75) is 19.8 Å². The molecule has 112 valence electrons. The fraction of sp³-hybridized carbons (Fsp3) is 0.333. The first kappa shape index (κ1) is 15.6. The number of hydrogen-bond donors (Lipinski definition) is 1. The zero-order valence-corrected chi connectivity index (χ0v) is 13.4. The van der Waals surface area contributed by atoms with E-state index in [2.05, 4.69) is 33.1 Å². The number of halogens is 1. The molecule has 2 aromatic rings. The summed E-state index contributed by atoms with van der Waals surface area (Å²) >= 11 is 3.36. The highest BCUT2D eigenvalue weighted by molar-refractivity contribution is 9.10. The first-order valence-electron chi connectivity index (χ1n) is 6.79. The number of ether oxygens (including phenoxy) is 2. The number of aromatic amines is 1. The minimum Gasteiger partial charge on any atom is -0.490 e. The SMILES string of the molecule is CCCc1cc(C(=O)OCCOc2cccc(Br)c2)n[nH]1. The highest BCUT2D eigenvalue weighted by atomic mass is 79.9. The van der Waals surface area contributed by atoms with Crippen LogP contribution in [-0.4, -0.2) is 29.4 Å². The lowest BCUT2D eigenvalue weighted by Gasteiger charge is -2.06. The van der Waals surface area contributed by atoms with Crippen molar-refractivity contribution in [3.63, 3.8) is 0 Å². The number of carbonyl (C=O) groups is 1. The Morgan fingerprint density at radius 3 is 2.95 bits per heavy atom. The van der Waals surface area contributed by atoms with E-state index in [1.807, 2.05) is 24.3 Å². The fourth-order valence-electron chi connectivity index (χ4n) is 1.79. The quantitative estimate of drug-likeness (QED) is 0.612. The molecule has 1 N–H and O–H groups in total. The van der Waals surface area contributed by atoms with Gasteiger partial charge in [0.1, 0.15) is 19.0 Å². The highest BCUT2D eigenvalue weighted by Crippen LogP contribution is 2.17. The molecule has 0 unspecified atom stereocenters. The van der Waals surface area contributed by atoms with Gasteiger partial charge < -0.3 is 9.47 Å². The van der Waals surface area contributed by atoms with Crippen molar-refractivity contribution < 1.29 is 14.3 Å². The van der Waals surface area contributed by atoms with E-state index in [1.54, 1.807) is 6.07 Å². The second kappa shape index (κ2) is 7.83. The Kier molecular flexibility index (Phi) is 5.80. The standard InChI is InChI=1S/C15H17BrN2O3/c1-2-4-12-10-14(18-17-12)15(19)21-8-7-20-13-6-3-5-11(16)9-13/h3,5-6,9-10H,2,4,7-8H2,1H3,(H,17,18). The number of aromatic nitrogens is 2. The molecule has 1 aromatic carbocycles. The van der Waals surface area contributed by atoms with Gasteiger partial charge in [0.2, 0.25) is 0 Å². The molecule has 5 nitrogen and oxygen atoms in total. The van der Waals surface area contributed by atoms with Crippen molar-refractivity contribution >= 4 is 21.9 Å². The van der Waals surface area contributed by atoms with E-state index in [9.17, 15) is 4.79 Å². The van der Waals surface area contributed by atoms with E-state index in [-0.39, 0.29) is 6.61 Å². The van der Waals surface area contributed by atoms with E-state index in [0.717, 1.165) is 28.8 Å². The average Bonchev–Trinajstić information content (AvgIpc) is 2.93. The summed E-state index contributed by atoms with van der Waals surface area (Å²) in [5.41, 5.74) is 1.25. The Balaban J connectivity index is 1.73. The lowest BCUT2D eigenvalue weighted by Crippen LogP contribution is -2.12. The summed E-state index contributed by atoms with van der Waals surface area (Å²) in [5, 5.41) is 6.76. The van der Waals surface area contributed by atoms with Crippen LogP contribution in [0.5, 0.6) is 5.75 Å². The maximum absolute atomic E-state index is 11.8. The second-order valence-corrected chi connectivity index (χ2v) is 5.39. The topological polar surface area (TPSA) is 64.2 Å². The number of rotatable bonds is 7. The van der Waals surface area contributed by atoms with Gasteiger partial charge in [0.25, 0.3) is 0 Å². The Morgan fingerprint density at radius 1 is 1.33 bits per heavy atom. The molecule has 0 saturated heterocycles. The molecule has 0 spiro atoms. The lowest BCUT2D eigenvalue weighted by molar-refractivity contribution is 0.0443. The summed E-state index contributed by atoms with van der Waals surface area (Å²) in [6.07, 6.45) is 1.86. The van der Waals surface area contributed by atoms with E-state index >= 15 is 0 Å². The van der Waals surface area contributed by atoms with Gasteiger partial charge in [-0.2, -0.15) is 5.10 Å². The van der Waals surface area contributed by atoms with Gasteiger partial charge in [-0.3, -0.25) is 5.10 Å². The molecule has 0 bridgehead atoms. The normalized spacial score (nSPS) is 10.4. The zero-order valence-electron chi connectivity index (χ0n) is 11.8. The molecule has 6 heteroatoms. The summed E-state index contributed by atoms with van der Waals surface area (Å²) in [7, 11) is 0. The van der Waals surface area contributed by atoms with E-state index in [1.165, 1.54) is 0 Å². The van der Waals surface area contributed by atoms with Crippen LogP contribution in [0.15, 0.2) is 34.8 Å². The van der Waals surface area contributed by atoms with Crippen LogP contribution in [0.3, 0.4) is 0 Å². The lowest BCUT2D eigenvalue weighted by atomic mass is 10.2. The third-order valence-electron chi connectivity index (χ3n) is 2.74. The predicted molar refractivity (Wildman–Crippen MR) is 82.5 cm³/mol.